The van der Waals surface area contributed by atoms with Gasteiger partial charge in [-0.3, -0.25) is 4.79 Å². The summed E-state index contributed by atoms with van der Waals surface area (Å²) in [5.41, 5.74) is 7.32. The molecule has 0 saturated carbocycles. The predicted octanol–water partition coefficient (Wildman–Crippen LogP) is 2.65. The summed E-state index contributed by atoms with van der Waals surface area (Å²) in [6.07, 6.45) is 1.77. The molecule has 118 valence electrons. The molecule has 2 N–H and O–H groups in total. The van der Waals surface area contributed by atoms with Crippen molar-refractivity contribution >= 4 is 16.5 Å². The van der Waals surface area contributed by atoms with Gasteiger partial charge in [-0.25, -0.2) is 0 Å². The molecule has 0 radical (unpaired) electrons. The largest absolute Gasteiger partial charge is 0.497 e. The van der Waals surface area contributed by atoms with E-state index in [1.807, 2.05) is 30.3 Å². The monoisotopic (exact) mass is 310 g/mol. The van der Waals surface area contributed by atoms with Crippen LogP contribution >= 0.6 is 0 Å². The molecule has 0 atom stereocenters. The third-order valence-corrected chi connectivity index (χ3v) is 3.82. The molecule has 0 spiro atoms. The first kappa shape index (κ1) is 15.0. The number of aromatic nitrogens is 1. The highest BCUT2D eigenvalue weighted by molar-refractivity contribution is 5.89. The van der Waals surface area contributed by atoms with E-state index in [0.29, 0.717) is 29.1 Å². The number of rotatable bonds is 4. The molecule has 5 nitrogen and oxygen atoms in total. The number of anilines is 1. The summed E-state index contributed by atoms with van der Waals surface area (Å²) in [5.74, 6) is 1.22. The summed E-state index contributed by atoms with van der Waals surface area (Å²) in [6.45, 7) is 0.481. The number of benzene rings is 2. The molecular weight excluding hydrogens is 292 g/mol. The minimum atomic E-state index is -0.0866. The minimum absolute atomic E-state index is 0.0866. The van der Waals surface area contributed by atoms with E-state index in [1.165, 1.54) is 0 Å². The molecule has 3 rings (SSSR count). The van der Waals surface area contributed by atoms with Gasteiger partial charge in [0.05, 0.1) is 26.2 Å². The lowest BCUT2D eigenvalue weighted by molar-refractivity contribution is 0.398. The van der Waals surface area contributed by atoms with Crippen LogP contribution < -0.4 is 20.8 Å². The molecule has 1 heterocycles. The van der Waals surface area contributed by atoms with Crippen LogP contribution in [-0.2, 0) is 6.54 Å². The second-order valence-electron chi connectivity index (χ2n) is 5.28. The predicted molar refractivity (Wildman–Crippen MR) is 91.3 cm³/mol. The lowest BCUT2D eigenvalue weighted by Crippen LogP contribution is -2.20. The van der Waals surface area contributed by atoms with Gasteiger partial charge >= 0.3 is 0 Å². The Balaban J connectivity index is 2.11. The first-order chi connectivity index (χ1) is 11.1. The number of nitrogens with two attached hydrogens (primary N) is 1. The van der Waals surface area contributed by atoms with E-state index in [4.69, 9.17) is 15.2 Å². The van der Waals surface area contributed by atoms with Crippen LogP contribution in [0.3, 0.4) is 0 Å². The number of nitrogens with zero attached hydrogens (tertiary/aromatic N) is 1. The van der Waals surface area contributed by atoms with E-state index in [1.54, 1.807) is 37.1 Å². The summed E-state index contributed by atoms with van der Waals surface area (Å²) in [6, 6.07) is 12.9. The molecule has 3 aromatic rings. The standard InChI is InChI=1S/C18H18N2O3/c1-22-14-9-16-15(17(10-14)23-2)7-8-20(18(16)21)11-12-3-5-13(19)6-4-12/h3-10H,11,19H2,1-2H3. The normalized spacial score (nSPS) is 10.7. The fourth-order valence-corrected chi connectivity index (χ4v) is 2.57. The van der Waals surface area contributed by atoms with Crippen LogP contribution in [0.1, 0.15) is 5.56 Å². The molecule has 0 aliphatic rings. The minimum Gasteiger partial charge on any atom is -0.497 e. The number of ether oxygens (including phenoxy) is 2. The Morgan fingerprint density at radius 1 is 1.00 bits per heavy atom. The topological polar surface area (TPSA) is 66.5 Å². The third kappa shape index (κ3) is 2.85. The molecule has 1 aromatic heterocycles. The molecule has 0 bridgehead atoms. The van der Waals surface area contributed by atoms with Crippen LogP contribution in [0.4, 0.5) is 5.69 Å². The Morgan fingerprint density at radius 3 is 2.39 bits per heavy atom. The van der Waals surface area contributed by atoms with Crippen molar-refractivity contribution in [2.75, 3.05) is 20.0 Å². The molecular formula is C18H18N2O3. The fraction of sp³-hybridized carbons (Fsp3) is 0.167. The lowest BCUT2D eigenvalue weighted by Gasteiger charge is -2.11. The van der Waals surface area contributed by atoms with Gasteiger partial charge in [-0.1, -0.05) is 12.1 Å². The first-order valence-corrected chi connectivity index (χ1v) is 7.22. The summed E-state index contributed by atoms with van der Waals surface area (Å²) >= 11 is 0. The van der Waals surface area contributed by atoms with Gasteiger partial charge in [-0.15, -0.1) is 0 Å². The number of pyridine rings is 1. The molecule has 0 fully saturated rings. The van der Waals surface area contributed by atoms with E-state index < -0.39 is 0 Å². The zero-order chi connectivity index (χ0) is 16.4. The van der Waals surface area contributed by atoms with Crippen molar-refractivity contribution in [3.8, 4) is 11.5 Å². The number of nitrogen functional groups attached to an aromatic ring is 1. The highest BCUT2D eigenvalue weighted by Gasteiger charge is 2.10. The van der Waals surface area contributed by atoms with Crippen LogP contribution in [-0.4, -0.2) is 18.8 Å². The van der Waals surface area contributed by atoms with Gasteiger partial charge in [0.1, 0.15) is 11.5 Å². The molecule has 0 unspecified atom stereocenters. The molecule has 5 heteroatoms. The Labute approximate surface area is 133 Å². The van der Waals surface area contributed by atoms with Crippen LogP contribution in [0.15, 0.2) is 53.5 Å². The van der Waals surface area contributed by atoms with Crippen LogP contribution in [0.25, 0.3) is 10.8 Å². The molecule has 0 aliphatic carbocycles. The number of methoxy groups -OCH3 is 2. The summed E-state index contributed by atoms with van der Waals surface area (Å²) in [7, 11) is 3.14. The van der Waals surface area contributed by atoms with Crippen molar-refractivity contribution in [2.24, 2.45) is 0 Å². The van der Waals surface area contributed by atoms with E-state index in [9.17, 15) is 4.79 Å². The summed E-state index contributed by atoms with van der Waals surface area (Å²) < 4.78 is 12.3. The van der Waals surface area contributed by atoms with Gasteiger partial charge in [0.15, 0.2) is 0 Å². The van der Waals surface area contributed by atoms with E-state index >= 15 is 0 Å². The average Bonchev–Trinajstić information content (AvgIpc) is 2.58. The van der Waals surface area contributed by atoms with Gasteiger partial charge in [0, 0.05) is 23.3 Å². The van der Waals surface area contributed by atoms with Crippen molar-refractivity contribution in [1.29, 1.82) is 0 Å². The third-order valence-electron chi connectivity index (χ3n) is 3.82. The molecule has 0 amide bonds. The van der Waals surface area contributed by atoms with Crippen molar-refractivity contribution in [3.63, 3.8) is 0 Å². The number of hydrogen-bond acceptors (Lipinski definition) is 4. The van der Waals surface area contributed by atoms with Gasteiger partial charge in [-0.2, -0.15) is 0 Å². The van der Waals surface area contributed by atoms with E-state index in [2.05, 4.69) is 0 Å². The number of fused-ring (bicyclic) bond motifs is 1. The zero-order valence-electron chi connectivity index (χ0n) is 13.1. The van der Waals surface area contributed by atoms with Gasteiger partial charge in [0.25, 0.3) is 5.56 Å². The van der Waals surface area contributed by atoms with Gasteiger partial charge in [-0.05, 0) is 29.8 Å². The number of hydrogen-bond donors (Lipinski definition) is 1. The quantitative estimate of drug-likeness (QED) is 0.752. The average molecular weight is 310 g/mol. The first-order valence-electron chi connectivity index (χ1n) is 7.22. The Morgan fingerprint density at radius 2 is 1.74 bits per heavy atom. The second kappa shape index (κ2) is 6.04. The Kier molecular flexibility index (Phi) is 3.93. The highest BCUT2D eigenvalue weighted by atomic mass is 16.5. The maximum atomic E-state index is 12.8. The van der Waals surface area contributed by atoms with Crippen molar-refractivity contribution in [1.82, 2.24) is 4.57 Å². The van der Waals surface area contributed by atoms with Crippen LogP contribution in [0.5, 0.6) is 11.5 Å². The molecule has 23 heavy (non-hydrogen) atoms. The smallest absolute Gasteiger partial charge is 0.259 e. The van der Waals surface area contributed by atoms with Crippen LogP contribution in [0.2, 0.25) is 0 Å². The van der Waals surface area contributed by atoms with E-state index in [0.717, 1.165) is 10.9 Å². The lowest BCUT2D eigenvalue weighted by atomic mass is 10.1. The van der Waals surface area contributed by atoms with E-state index in [-0.39, 0.29) is 5.56 Å². The van der Waals surface area contributed by atoms with Gasteiger partial charge < -0.3 is 19.8 Å². The maximum absolute atomic E-state index is 12.8. The van der Waals surface area contributed by atoms with Crippen molar-refractivity contribution in [3.05, 3.63) is 64.6 Å². The maximum Gasteiger partial charge on any atom is 0.259 e. The fourth-order valence-electron chi connectivity index (χ4n) is 2.57. The molecule has 2 aromatic carbocycles. The molecule has 0 aliphatic heterocycles. The van der Waals surface area contributed by atoms with Crippen molar-refractivity contribution < 1.29 is 9.47 Å². The van der Waals surface area contributed by atoms with Gasteiger partial charge in [0.2, 0.25) is 0 Å². The summed E-state index contributed by atoms with van der Waals surface area (Å²) in [4.78, 5) is 12.8. The second-order valence-corrected chi connectivity index (χ2v) is 5.28. The Hall–Kier alpha value is -2.95. The molecule has 0 saturated heterocycles. The zero-order valence-corrected chi connectivity index (χ0v) is 13.1. The van der Waals surface area contributed by atoms with Crippen molar-refractivity contribution in [2.45, 2.75) is 6.54 Å². The highest BCUT2D eigenvalue weighted by Crippen LogP contribution is 2.29. The Bertz CT molecular complexity index is 899. The van der Waals surface area contributed by atoms with Crippen LogP contribution in [0, 0.1) is 0 Å². The SMILES string of the molecule is COc1cc(OC)c2ccn(Cc3ccc(N)cc3)c(=O)c2c1. The summed E-state index contributed by atoms with van der Waals surface area (Å²) in [5, 5.41) is 1.34.